The van der Waals surface area contributed by atoms with Gasteiger partial charge in [-0.15, -0.1) is 0 Å². The minimum absolute atomic E-state index is 0.129. The highest BCUT2D eigenvalue weighted by atomic mass is 32.1. The van der Waals surface area contributed by atoms with Crippen LogP contribution in [0.25, 0.3) is 0 Å². The second kappa shape index (κ2) is 6.16. The quantitative estimate of drug-likeness (QED) is 0.654. The van der Waals surface area contributed by atoms with Gasteiger partial charge in [0, 0.05) is 36.3 Å². The van der Waals surface area contributed by atoms with Gasteiger partial charge in [-0.3, -0.25) is 14.9 Å². The van der Waals surface area contributed by atoms with Gasteiger partial charge in [0.05, 0.1) is 4.92 Å². The lowest BCUT2D eigenvalue weighted by Gasteiger charge is -2.07. The molecule has 0 saturated carbocycles. The molecule has 2 aromatic rings. The molecule has 0 fully saturated rings. The molecule has 2 N–H and O–H groups in total. The Kier molecular flexibility index (Phi) is 4.31. The van der Waals surface area contributed by atoms with Crippen LogP contribution in [0.15, 0.2) is 35.7 Å². The lowest BCUT2D eigenvalue weighted by molar-refractivity contribution is -0.380. The molecule has 0 unspecified atom stereocenters. The Hall–Kier alpha value is -2.41. The molecule has 0 aliphatic heterocycles. The minimum Gasteiger partial charge on any atom is -0.381 e. The summed E-state index contributed by atoms with van der Waals surface area (Å²) in [5.41, 5.74) is 2.40. The van der Waals surface area contributed by atoms with Crippen molar-refractivity contribution in [2.75, 3.05) is 10.6 Å². The third-order valence-electron chi connectivity index (χ3n) is 2.50. The van der Waals surface area contributed by atoms with Gasteiger partial charge in [0.15, 0.2) is 0 Å². The first-order valence-corrected chi connectivity index (χ1v) is 6.76. The van der Waals surface area contributed by atoms with E-state index < -0.39 is 4.92 Å². The average Bonchev–Trinajstić information content (AvgIpc) is 2.85. The minimum atomic E-state index is -0.397. The first-order valence-electron chi connectivity index (χ1n) is 5.88. The summed E-state index contributed by atoms with van der Waals surface area (Å²) in [6.07, 6.45) is 0. The summed E-state index contributed by atoms with van der Waals surface area (Å²) in [6.45, 7) is 1.94. The molecule has 0 atom stereocenters. The molecule has 0 aliphatic rings. The highest BCUT2D eigenvalue weighted by molar-refractivity contribution is 7.13. The van der Waals surface area contributed by atoms with Crippen LogP contribution in [0.2, 0.25) is 0 Å². The summed E-state index contributed by atoms with van der Waals surface area (Å²) in [4.78, 5) is 21.2. The molecule has 1 aromatic carbocycles. The number of rotatable bonds is 5. The third-order valence-corrected chi connectivity index (χ3v) is 3.43. The van der Waals surface area contributed by atoms with E-state index in [-0.39, 0.29) is 10.9 Å². The van der Waals surface area contributed by atoms with Gasteiger partial charge in [0.2, 0.25) is 5.91 Å². The summed E-state index contributed by atoms with van der Waals surface area (Å²) in [5.74, 6) is -0.129. The maximum absolute atomic E-state index is 11.0. The number of benzene rings is 1. The van der Waals surface area contributed by atoms with E-state index in [0.29, 0.717) is 12.2 Å². The zero-order chi connectivity index (χ0) is 14.5. The lowest BCUT2D eigenvalue weighted by atomic mass is 10.2. The first kappa shape index (κ1) is 14.0. The van der Waals surface area contributed by atoms with Crippen LogP contribution in [0.4, 0.5) is 16.4 Å². The topological polar surface area (TPSA) is 84.3 Å². The van der Waals surface area contributed by atoms with Crippen molar-refractivity contribution in [2.45, 2.75) is 13.5 Å². The van der Waals surface area contributed by atoms with Crippen molar-refractivity contribution in [3.63, 3.8) is 0 Å². The Bertz CT molecular complexity index is 639. The van der Waals surface area contributed by atoms with Crippen molar-refractivity contribution < 1.29 is 9.72 Å². The molecule has 0 aliphatic carbocycles. The molecule has 104 valence electrons. The fourth-order valence-corrected chi connectivity index (χ4v) is 2.39. The second-order valence-corrected chi connectivity index (χ2v) is 5.06. The largest absolute Gasteiger partial charge is 0.381 e. The Balaban J connectivity index is 1.99. The Morgan fingerprint density at radius 3 is 2.75 bits per heavy atom. The lowest BCUT2D eigenvalue weighted by Crippen LogP contribution is -2.06. The maximum Gasteiger partial charge on any atom is 0.324 e. The number of thiophene rings is 1. The Labute approximate surface area is 119 Å². The van der Waals surface area contributed by atoms with Crippen molar-refractivity contribution in [1.82, 2.24) is 0 Å². The number of hydrogen-bond acceptors (Lipinski definition) is 5. The van der Waals surface area contributed by atoms with Crippen LogP contribution >= 0.6 is 11.3 Å². The third kappa shape index (κ3) is 3.79. The summed E-state index contributed by atoms with van der Waals surface area (Å²) in [5, 5.41) is 18.3. The van der Waals surface area contributed by atoms with E-state index in [0.717, 1.165) is 22.6 Å². The molecule has 2 rings (SSSR count). The average molecular weight is 291 g/mol. The maximum atomic E-state index is 11.0. The van der Waals surface area contributed by atoms with E-state index in [2.05, 4.69) is 10.6 Å². The van der Waals surface area contributed by atoms with Crippen molar-refractivity contribution >= 4 is 33.6 Å². The van der Waals surface area contributed by atoms with Crippen molar-refractivity contribution in [1.29, 1.82) is 0 Å². The molecule has 0 spiro atoms. The monoisotopic (exact) mass is 291 g/mol. The standard InChI is InChI=1S/C13H13N3O3S/c1-9(17)15-12-4-2-3-11(6-12)14-7-10-5-13(16(18)19)20-8-10/h2-6,8,14H,7H2,1H3,(H,15,17). The van der Waals surface area contributed by atoms with Crippen molar-refractivity contribution in [3.05, 3.63) is 51.4 Å². The number of nitrogens with zero attached hydrogens (tertiary/aromatic N) is 1. The van der Waals surface area contributed by atoms with Crippen LogP contribution in [0.1, 0.15) is 12.5 Å². The fourth-order valence-electron chi connectivity index (χ4n) is 1.67. The van der Waals surface area contributed by atoms with Crippen LogP contribution in [-0.4, -0.2) is 10.8 Å². The van der Waals surface area contributed by atoms with Gasteiger partial charge in [-0.2, -0.15) is 0 Å². The van der Waals surface area contributed by atoms with Gasteiger partial charge >= 0.3 is 5.00 Å². The molecular formula is C13H13N3O3S. The number of nitrogens with one attached hydrogen (secondary N) is 2. The number of amides is 1. The van der Waals surface area contributed by atoms with Gasteiger partial charge in [0.25, 0.3) is 0 Å². The van der Waals surface area contributed by atoms with E-state index >= 15 is 0 Å². The van der Waals surface area contributed by atoms with E-state index in [4.69, 9.17) is 0 Å². The smallest absolute Gasteiger partial charge is 0.324 e. The highest BCUT2D eigenvalue weighted by Crippen LogP contribution is 2.23. The summed E-state index contributed by atoms with van der Waals surface area (Å²) in [7, 11) is 0. The normalized spacial score (nSPS) is 10.1. The molecule has 20 heavy (non-hydrogen) atoms. The summed E-state index contributed by atoms with van der Waals surface area (Å²) >= 11 is 1.11. The van der Waals surface area contributed by atoms with Gasteiger partial charge < -0.3 is 10.6 Å². The molecule has 1 aromatic heterocycles. The van der Waals surface area contributed by atoms with E-state index in [1.54, 1.807) is 17.5 Å². The molecular weight excluding hydrogens is 278 g/mol. The number of anilines is 2. The van der Waals surface area contributed by atoms with E-state index in [1.165, 1.54) is 6.92 Å². The zero-order valence-electron chi connectivity index (χ0n) is 10.8. The molecule has 7 heteroatoms. The van der Waals surface area contributed by atoms with E-state index in [1.807, 2.05) is 18.2 Å². The van der Waals surface area contributed by atoms with Gasteiger partial charge in [0.1, 0.15) is 0 Å². The van der Waals surface area contributed by atoms with Gasteiger partial charge in [-0.05, 0) is 23.8 Å². The Morgan fingerprint density at radius 1 is 1.35 bits per heavy atom. The molecule has 6 nitrogen and oxygen atoms in total. The molecule has 0 saturated heterocycles. The predicted molar refractivity (Wildman–Crippen MR) is 79.0 cm³/mol. The van der Waals surface area contributed by atoms with E-state index in [9.17, 15) is 14.9 Å². The van der Waals surface area contributed by atoms with Crippen molar-refractivity contribution in [3.8, 4) is 0 Å². The number of carbonyl (C=O) groups excluding carboxylic acids is 1. The predicted octanol–water partition coefficient (Wildman–Crippen LogP) is 3.23. The number of nitro groups is 1. The van der Waals surface area contributed by atoms with Gasteiger partial charge in [-0.1, -0.05) is 17.4 Å². The van der Waals surface area contributed by atoms with Crippen LogP contribution in [-0.2, 0) is 11.3 Å². The van der Waals surface area contributed by atoms with Gasteiger partial charge in [-0.25, -0.2) is 0 Å². The second-order valence-electron chi connectivity index (χ2n) is 4.17. The molecule has 0 radical (unpaired) electrons. The summed E-state index contributed by atoms with van der Waals surface area (Å²) in [6, 6.07) is 8.84. The first-order chi connectivity index (χ1) is 9.54. The van der Waals surface area contributed by atoms with Crippen LogP contribution in [0, 0.1) is 10.1 Å². The van der Waals surface area contributed by atoms with Crippen LogP contribution in [0.5, 0.6) is 0 Å². The summed E-state index contributed by atoms with van der Waals surface area (Å²) < 4.78 is 0. The van der Waals surface area contributed by atoms with Crippen LogP contribution < -0.4 is 10.6 Å². The molecule has 1 amide bonds. The number of carbonyl (C=O) groups is 1. The molecule has 1 heterocycles. The number of hydrogen-bond donors (Lipinski definition) is 2. The zero-order valence-corrected chi connectivity index (χ0v) is 11.6. The highest BCUT2D eigenvalue weighted by Gasteiger charge is 2.09. The van der Waals surface area contributed by atoms with Crippen molar-refractivity contribution in [2.24, 2.45) is 0 Å². The Morgan fingerprint density at radius 2 is 2.10 bits per heavy atom. The SMILES string of the molecule is CC(=O)Nc1cccc(NCc2csc([N+](=O)[O-])c2)c1. The van der Waals surface area contributed by atoms with Crippen LogP contribution in [0.3, 0.4) is 0 Å². The fraction of sp³-hybridized carbons (Fsp3) is 0.154. The molecule has 0 bridgehead atoms.